The van der Waals surface area contributed by atoms with Gasteiger partial charge in [0.25, 0.3) is 0 Å². The van der Waals surface area contributed by atoms with E-state index in [1.165, 1.54) is 10.4 Å². The van der Waals surface area contributed by atoms with Crippen LogP contribution in [0.25, 0.3) is 0 Å². The second-order valence-corrected chi connectivity index (χ2v) is 8.68. The van der Waals surface area contributed by atoms with Gasteiger partial charge in [-0.25, -0.2) is 4.98 Å². The molecule has 2 aromatic rings. The number of hydrogen-bond donors (Lipinski definition) is 1. The van der Waals surface area contributed by atoms with Crippen molar-refractivity contribution in [2.24, 2.45) is 0 Å². The highest BCUT2D eigenvalue weighted by Crippen LogP contribution is 2.44. The third-order valence-electron chi connectivity index (χ3n) is 6.01. The smallest absolute Gasteiger partial charge is 0.220 e. The van der Waals surface area contributed by atoms with Crippen LogP contribution >= 0.6 is 11.3 Å². The van der Waals surface area contributed by atoms with Crippen LogP contribution in [0.15, 0.2) is 29.8 Å². The Kier molecular flexibility index (Phi) is 5.19. The zero-order valence-corrected chi connectivity index (χ0v) is 16.8. The number of amides is 1. The molecule has 0 saturated carbocycles. The largest absolute Gasteiger partial charge is 0.496 e. The number of rotatable bonds is 4. The van der Waals surface area contributed by atoms with Gasteiger partial charge in [-0.15, -0.1) is 11.3 Å². The van der Waals surface area contributed by atoms with Crippen molar-refractivity contribution in [1.82, 2.24) is 15.2 Å². The average Bonchev–Trinajstić information content (AvgIpc) is 3.16. The molecule has 4 rings (SSSR count). The number of nitrogens with zero attached hydrogens (tertiary/aromatic N) is 2. The summed E-state index contributed by atoms with van der Waals surface area (Å²) >= 11 is 1.72. The minimum Gasteiger partial charge on any atom is -0.496 e. The normalized spacial score (nSPS) is 26.1. The van der Waals surface area contributed by atoms with Crippen molar-refractivity contribution in [2.75, 3.05) is 20.2 Å². The third-order valence-corrected chi connectivity index (χ3v) is 6.92. The summed E-state index contributed by atoms with van der Waals surface area (Å²) in [5, 5.41) is 3.43. The van der Waals surface area contributed by atoms with E-state index in [2.05, 4.69) is 34.3 Å². The van der Waals surface area contributed by atoms with Gasteiger partial charge in [-0.2, -0.15) is 0 Å². The molecule has 27 heavy (non-hydrogen) atoms. The number of para-hydroxylation sites is 1. The van der Waals surface area contributed by atoms with Gasteiger partial charge in [0.2, 0.25) is 5.91 Å². The van der Waals surface area contributed by atoms with Crippen LogP contribution in [-0.2, 0) is 11.3 Å². The number of thiazole rings is 1. The fraction of sp³-hybridized carbons (Fsp3) is 0.524. The first-order chi connectivity index (χ1) is 13.1. The van der Waals surface area contributed by atoms with Gasteiger partial charge in [-0.05, 0) is 25.8 Å². The molecule has 1 aromatic heterocycles. The maximum Gasteiger partial charge on any atom is 0.220 e. The lowest BCUT2D eigenvalue weighted by molar-refractivity contribution is -0.122. The fourth-order valence-corrected chi connectivity index (χ4v) is 5.49. The molecule has 0 aliphatic carbocycles. The van der Waals surface area contributed by atoms with Crippen LogP contribution in [0.2, 0.25) is 0 Å². The maximum atomic E-state index is 12.5. The highest BCUT2D eigenvalue weighted by atomic mass is 32.1. The Hall–Kier alpha value is -1.92. The average molecular weight is 386 g/mol. The number of hydrogen-bond acceptors (Lipinski definition) is 5. The van der Waals surface area contributed by atoms with E-state index < -0.39 is 0 Å². The molecule has 2 aliphatic heterocycles. The van der Waals surface area contributed by atoms with Crippen molar-refractivity contribution in [3.05, 3.63) is 45.9 Å². The second-order valence-electron chi connectivity index (χ2n) is 7.74. The summed E-state index contributed by atoms with van der Waals surface area (Å²) in [5.74, 6) is 1.32. The van der Waals surface area contributed by atoms with Crippen molar-refractivity contribution in [3.63, 3.8) is 0 Å². The predicted octanol–water partition coefficient (Wildman–Crippen LogP) is 3.49. The Balaban J connectivity index is 1.69. The number of likely N-dealkylation sites (tertiary alicyclic amines) is 1. The van der Waals surface area contributed by atoms with Crippen molar-refractivity contribution in [3.8, 4) is 5.75 Å². The molecule has 3 heterocycles. The highest BCUT2D eigenvalue weighted by Gasteiger charge is 2.49. The van der Waals surface area contributed by atoms with Gasteiger partial charge < -0.3 is 10.1 Å². The van der Waals surface area contributed by atoms with E-state index in [4.69, 9.17) is 4.74 Å². The maximum absolute atomic E-state index is 12.5. The van der Waals surface area contributed by atoms with Crippen LogP contribution in [0.4, 0.5) is 0 Å². The first-order valence-electron chi connectivity index (χ1n) is 9.66. The molecular formula is C21H27N3O2S. The number of aromatic nitrogens is 1. The topological polar surface area (TPSA) is 54.5 Å². The van der Waals surface area contributed by atoms with E-state index in [9.17, 15) is 4.79 Å². The quantitative estimate of drug-likeness (QED) is 0.875. The summed E-state index contributed by atoms with van der Waals surface area (Å²) < 4.78 is 5.67. The Bertz CT molecular complexity index is 821. The molecule has 0 unspecified atom stereocenters. The van der Waals surface area contributed by atoms with E-state index in [1.807, 2.05) is 17.6 Å². The van der Waals surface area contributed by atoms with Crippen molar-refractivity contribution in [2.45, 2.75) is 50.6 Å². The minimum atomic E-state index is -0.221. The van der Waals surface area contributed by atoms with E-state index in [-0.39, 0.29) is 17.4 Å². The van der Waals surface area contributed by atoms with Gasteiger partial charge in [0.1, 0.15) is 5.75 Å². The molecule has 0 bridgehead atoms. The van der Waals surface area contributed by atoms with Gasteiger partial charge in [0.15, 0.2) is 0 Å². The fourth-order valence-electron chi connectivity index (χ4n) is 4.67. The van der Waals surface area contributed by atoms with Crippen LogP contribution < -0.4 is 10.1 Å². The van der Waals surface area contributed by atoms with Gasteiger partial charge in [0, 0.05) is 42.4 Å². The lowest BCUT2D eigenvalue weighted by Crippen LogP contribution is -2.52. The molecule has 1 amide bonds. The van der Waals surface area contributed by atoms with Gasteiger partial charge in [-0.3, -0.25) is 9.69 Å². The SMILES string of the molecule is COc1ccccc1[C@@H]1CN(Cc2scnc2C)C[C@]12CCCCC(=O)N2. The molecule has 2 atom stereocenters. The Morgan fingerprint density at radius 3 is 3.00 bits per heavy atom. The summed E-state index contributed by atoms with van der Waals surface area (Å²) in [5.41, 5.74) is 4.01. The van der Waals surface area contributed by atoms with Crippen LogP contribution in [0, 0.1) is 6.92 Å². The van der Waals surface area contributed by atoms with E-state index >= 15 is 0 Å². The number of methoxy groups -OCH3 is 1. The molecule has 1 aromatic carbocycles. The summed E-state index contributed by atoms with van der Waals surface area (Å²) in [6, 6.07) is 8.26. The van der Waals surface area contributed by atoms with Gasteiger partial charge in [0.05, 0.1) is 23.9 Å². The minimum absolute atomic E-state index is 0.184. The number of carbonyl (C=O) groups is 1. The number of carbonyl (C=O) groups excluding carboxylic acids is 1. The summed E-state index contributed by atoms with van der Waals surface area (Å²) in [6.45, 7) is 4.75. The third kappa shape index (κ3) is 3.60. The zero-order valence-electron chi connectivity index (χ0n) is 16.0. The van der Waals surface area contributed by atoms with Crippen molar-refractivity contribution in [1.29, 1.82) is 0 Å². The Morgan fingerprint density at radius 2 is 2.22 bits per heavy atom. The van der Waals surface area contributed by atoms with Crippen LogP contribution in [-0.4, -0.2) is 41.5 Å². The van der Waals surface area contributed by atoms with E-state index in [1.54, 1.807) is 18.4 Å². The van der Waals surface area contributed by atoms with Crippen LogP contribution in [0.5, 0.6) is 5.75 Å². The molecule has 144 valence electrons. The van der Waals surface area contributed by atoms with Gasteiger partial charge >= 0.3 is 0 Å². The first-order valence-corrected chi connectivity index (χ1v) is 10.5. The predicted molar refractivity (Wildman–Crippen MR) is 107 cm³/mol. The Morgan fingerprint density at radius 1 is 1.37 bits per heavy atom. The number of benzene rings is 1. The Labute approximate surface area is 164 Å². The highest BCUT2D eigenvalue weighted by molar-refractivity contribution is 7.09. The molecule has 1 spiro atoms. The summed E-state index contributed by atoms with van der Waals surface area (Å²) in [6.07, 6.45) is 3.70. The van der Waals surface area contributed by atoms with Crippen LogP contribution in [0.3, 0.4) is 0 Å². The molecule has 2 saturated heterocycles. The molecule has 2 fully saturated rings. The van der Waals surface area contributed by atoms with E-state index in [0.29, 0.717) is 6.42 Å². The summed E-state index contributed by atoms with van der Waals surface area (Å²) in [4.78, 5) is 20.7. The zero-order chi connectivity index (χ0) is 18.9. The second kappa shape index (κ2) is 7.60. The molecule has 1 N–H and O–H groups in total. The molecular weight excluding hydrogens is 358 g/mol. The first kappa shape index (κ1) is 18.4. The van der Waals surface area contributed by atoms with Crippen LogP contribution in [0.1, 0.15) is 47.7 Å². The lowest BCUT2D eigenvalue weighted by Gasteiger charge is -2.35. The van der Waals surface area contributed by atoms with Crippen molar-refractivity contribution >= 4 is 17.2 Å². The number of nitrogens with one attached hydrogen (secondary N) is 1. The molecule has 0 radical (unpaired) electrons. The van der Waals surface area contributed by atoms with Gasteiger partial charge in [-0.1, -0.05) is 24.6 Å². The number of aryl methyl sites for hydroxylation is 1. The lowest BCUT2D eigenvalue weighted by atomic mass is 9.78. The monoisotopic (exact) mass is 385 g/mol. The van der Waals surface area contributed by atoms with Crippen molar-refractivity contribution < 1.29 is 9.53 Å². The summed E-state index contributed by atoms with van der Waals surface area (Å²) in [7, 11) is 1.73. The molecule has 2 aliphatic rings. The van der Waals surface area contributed by atoms with E-state index in [0.717, 1.165) is 50.3 Å². The molecule has 5 nitrogen and oxygen atoms in total. The number of ether oxygens (including phenoxy) is 1. The standard InChI is InChI=1S/C21H27N3O2S/c1-15-19(27-14-22-15)12-24-11-17(16-7-3-4-8-18(16)26-2)21(13-24)10-6-5-9-20(25)23-21/h3-4,7-8,14,17H,5-6,9-13H2,1-2H3,(H,23,25)/t17-,21+/m0/s1. The molecule has 6 heteroatoms.